The second-order valence-electron chi connectivity index (χ2n) is 10.7. The van der Waals surface area contributed by atoms with Crippen LogP contribution in [-0.4, -0.2) is 23.4 Å². The van der Waals surface area contributed by atoms with Gasteiger partial charge in [0.15, 0.2) is 5.78 Å². The van der Waals surface area contributed by atoms with Crippen molar-refractivity contribution in [2.75, 3.05) is 11.9 Å². The standard InChI is InChI=1S/C35H35NO3/c1-24-29(31(37)20-17-26-15-18-28(19-16-26)34(38)39)23-30(27-13-9-6-10-14-27)33(32(24)35(2,3)4)36-22-21-25-11-7-5-8-12-25/h5-20,23,36H,21-22H2,1-4H3,(H,38,39). The highest BCUT2D eigenvalue weighted by Crippen LogP contribution is 2.41. The molecule has 0 radical (unpaired) electrons. The number of hydrogen-bond donors (Lipinski definition) is 2. The van der Waals surface area contributed by atoms with Crippen LogP contribution in [0.2, 0.25) is 0 Å². The molecule has 0 atom stereocenters. The van der Waals surface area contributed by atoms with Crippen molar-refractivity contribution in [2.45, 2.75) is 39.5 Å². The second kappa shape index (κ2) is 12.0. The lowest BCUT2D eigenvalue weighted by Gasteiger charge is -2.29. The normalized spacial score (nSPS) is 11.5. The molecule has 0 fully saturated rings. The van der Waals surface area contributed by atoms with Crippen molar-refractivity contribution in [3.05, 3.63) is 130 Å². The Hall–Kier alpha value is -4.44. The first kappa shape index (κ1) is 27.6. The topological polar surface area (TPSA) is 66.4 Å². The maximum Gasteiger partial charge on any atom is 0.335 e. The number of nitrogens with one attached hydrogen (secondary N) is 1. The zero-order chi connectivity index (χ0) is 28.0. The number of benzene rings is 4. The molecule has 0 aliphatic rings. The Kier molecular flexibility index (Phi) is 8.46. The van der Waals surface area contributed by atoms with E-state index in [4.69, 9.17) is 5.11 Å². The number of anilines is 1. The first-order valence-electron chi connectivity index (χ1n) is 13.2. The maximum atomic E-state index is 13.6. The molecule has 4 aromatic rings. The van der Waals surface area contributed by atoms with Gasteiger partial charge in [-0.2, -0.15) is 0 Å². The predicted octanol–water partition coefficient (Wildman–Crippen LogP) is 8.21. The summed E-state index contributed by atoms with van der Waals surface area (Å²) in [6, 6.07) is 29.1. The van der Waals surface area contributed by atoms with Crippen LogP contribution in [0.5, 0.6) is 0 Å². The van der Waals surface area contributed by atoms with Gasteiger partial charge in [-0.3, -0.25) is 4.79 Å². The zero-order valence-electron chi connectivity index (χ0n) is 23.0. The predicted molar refractivity (Wildman–Crippen MR) is 161 cm³/mol. The number of allylic oxidation sites excluding steroid dienone is 1. The van der Waals surface area contributed by atoms with E-state index in [2.05, 4.69) is 62.5 Å². The highest BCUT2D eigenvalue weighted by molar-refractivity contribution is 6.09. The van der Waals surface area contributed by atoms with Gasteiger partial charge in [-0.05, 0) is 70.9 Å². The van der Waals surface area contributed by atoms with E-state index < -0.39 is 5.97 Å². The van der Waals surface area contributed by atoms with E-state index in [1.165, 1.54) is 5.56 Å². The average Bonchev–Trinajstić information content (AvgIpc) is 2.92. The molecular formula is C35H35NO3. The third kappa shape index (κ3) is 6.71. The van der Waals surface area contributed by atoms with E-state index in [9.17, 15) is 9.59 Å². The highest BCUT2D eigenvalue weighted by atomic mass is 16.4. The van der Waals surface area contributed by atoms with Crippen molar-refractivity contribution in [3.8, 4) is 11.1 Å². The minimum absolute atomic E-state index is 0.0895. The van der Waals surface area contributed by atoms with Gasteiger partial charge in [-0.25, -0.2) is 4.79 Å². The Balaban J connectivity index is 1.76. The fourth-order valence-electron chi connectivity index (χ4n) is 4.98. The summed E-state index contributed by atoms with van der Waals surface area (Å²) in [4.78, 5) is 24.7. The van der Waals surface area contributed by atoms with Gasteiger partial charge in [0.2, 0.25) is 0 Å². The molecule has 0 heterocycles. The number of aromatic carboxylic acids is 1. The number of carboxylic acids is 1. The smallest absolute Gasteiger partial charge is 0.335 e. The summed E-state index contributed by atoms with van der Waals surface area (Å²) in [5.41, 5.74) is 7.90. The van der Waals surface area contributed by atoms with E-state index in [-0.39, 0.29) is 16.8 Å². The molecule has 0 amide bonds. The van der Waals surface area contributed by atoms with E-state index >= 15 is 0 Å². The van der Waals surface area contributed by atoms with E-state index in [0.717, 1.165) is 46.5 Å². The van der Waals surface area contributed by atoms with Crippen LogP contribution in [0.3, 0.4) is 0 Å². The largest absolute Gasteiger partial charge is 0.478 e. The molecule has 2 N–H and O–H groups in total. The number of carbonyl (C=O) groups excluding carboxylic acids is 1. The molecule has 39 heavy (non-hydrogen) atoms. The Morgan fingerprint density at radius 1 is 0.872 bits per heavy atom. The van der Waals surface area contributed by atoms with Gasteiger partial charge in [0, 0.05) is 23.4 Å². The van der Waals surface area contributed by atoms with Crippen molar-refractivity contribution >= 4 is 23.5 Å². The molecule has 0 spiro atoms. The van der Waals surface area contributed by atoms with Crippen LogP contribution in [0, 0.1) is 6.92 Å². The third-order valence-electron chi connectivity index (χ3n) is 6.83. The molecule has 0 aliphatic heterocycles. The molecule has 0 aromatic heterocycles. The fraction of sp³-hybridized carbons (Fsp3) is 0.200. The lowest BCUT2D eigenvalue weighted by molar-refractivity contribution is 0.0696. The van der Waals surface area contributed by atoms with Gasteiger partial charge < -0.3 is 10.4 Å². The average molecular weight is 518 g/mol. The van der Waals surface area contributed by atoms with E-state index in [0.29, 0.717) is 5.56 Å². The Bertz CT molecular complexity index is 1480. The lowest BCUT2D eigenvalue weighted by Crippen LogP contribution is -2.20. The molecule has 0 bridgehead atoms. The molecule has 4 aromatic carbocycles. The molecular weight excluding hydrogens is 482 g/mol. The van der Waals surface area contributed by atoms with E-state index in [1.54, 1.807) is 36.4 Å². The van der Waals surface area contributed by atoms with Crippen LogP contribution in [0.1, 0.15) is 63.7 Å². The molecule has 4 nitrogen and oxygen atoms in total. The lowest BCUT2D eigenvalue weighted by atomic mass is 9.78. The first-order chi connectivity index (χ1) is 18.6. The van der Waals surface area contributed by atoms with Gasteiger partial charge in [0.05, 0.1) is 5.56 Å². The SMILES string of the molecule is Cc1c(C(=O)C=Cc2ccc(C(=O)O)cc2)cc(-c2ccccc2)c(NCCc2ccccc2)c1C(C)(C)C. The maximum absolute atomic E-state index is 13.6. The van der Waals surface area contributed by atoms with Gasteiger partial charge in [0.25, 0.3) is 0 Å². The number of carbonyl (C=O) groups is 2. The van der Waals surface area contributed by atoms with E-state index in [1.807, 2.05) is 37.3 Å². The summed E-state index contributed by atoms with van der Waals surface area (Å²) < 4.78 is 0. The number of hydrogen-bond acceptors (Lipinski definition) is 3. The van der Waals surface area contributed by atoms with Gasteiger partial charge in [-0.1, -0.05) is 99.6 Å². The quantitative estimate of drug-likeness (QED) is 0.173. The van der Waals surface area contributed by atoms with Crippen molar-refractivity contribution in [2.24, 2.45) is 0 Å². The molecule has 0 unspecified atom stereocenters. The van der Waals surface area contributed by atoms with Crippen LogP contribution >= 0.6 is 0 Å². The summed E-state index contributed by atoms with van der Waals surface area (Å²) in [5, 5.41) is 12.9. The van der Waals surface area contributed by atoms with Crippen molar-refractivity contribution in [3.63, 3.8) is 0 Å². The number of rotatable bonds is 9. The van der Waals surface area contributed by atoms with Crippen molar-refractivity contribution in [1.82, 2.24) is 0 Å². The minimum Gasteiger partial charge on any atom is -0.478 e. The first-order valence-corrected chi connectivity index (χ1v) is 13.2. The summed E-state index contributed by atoms with van der Waals surface area (Å²) in [5.74, 6) is -1.06. The fourth-order valence-corrected chi connectivity index (χ4v) is 4.98. The Morgan fingerprint density at radius 2 is 1.49 bits per heavy atom. The molecule has 0 aliphatic carbocycles. The zero-order valence-corrected chi connectivity index (χ0v) is 23.0. The third-order valence-corrected chi connectivity index (χ3v) is 6.83. The highest BCUT2D eigenvalue weighted by Gasteiger charge is 2.27. The Morgan fingerprint density at radius 3 is 2.08 bits per heavy atom. The molecule has 0 saturated heterocycles. The molecule has 0 saturated carbocycles. The molecule has 198 valence electrons. The van der Waals surface area contributed by atoms with Gasteiger partial charge in [-0.15, -0.1) is 0 Å². The summed E-state index contributed by atoms with van der Waals surface area (Å²) >= 11 is 0. The van der Waals surface area contributed by atoms with Crippen LogP contribution in [-0.2, 0) is 11.8 Å². The van der Waals surface area contributed by atoms with Gasteiger partial charge >= 0.3 is 5.97 Å². The summed E-state index contributed by atoms with van der Waals surface area (Å²) in [6.45, 7) is 9.34. The van der Waals surface area contributed by atoms with Gasteiger partial charge in [0.1, 0.15) is 0 Å². The van der Waals surface area contributed by atoms with Crippen LogP contribution in [0.4, 0.5) is 5.69 Å². The van der Waals surface area contributed by atoms with Crippen LogP contribution in [0.25, 0.3) is 17.2 Å². The van der Waals surface area contributed by atoms with Crippen LogP contribution in [0.15, 0.2) is 97.1 Å². The molecule has 4 heteroatoms. The summed E-state index contributed by atoms with van der Waals surface area (Å²) in [7, 11) is 0. The minimum atomic E-state index is -0.974. The number of ketones is 1. The summed E-state index contributed by atoms with van der Waals surface area (Å²) in [6.07, 6.45) is 4.20. The molecule has 4 rings (SSSR count). The van der Waals surface area contributed by atoms with Crippen molar-refractivity contribution < 1.29 is 14.7 Å². The second-order valence-corrected chi connectivity index (χ2v) is 10.7. The number of carboxylic acid groups (broad SMARTS) is 1. The Labute approximate surface area is 231 Å². The van der Waals surface area contributed by atoms with Crippen molar-refractivity contribution in [1.29, 1.82) is 0 Å². The monoisotopic (exact) mass is 517 g/mol. The van der Waals surface area contributed by atoms with Crippen LogP contribution < -0.4 is 5.32 Å².